The molecule has 0 radical (unpaired) electrons. The molecular weight excluding hydrogens is 333 g/mol. The molecule has 1 aromatic carbocycles. The molecule has 0 bridgehead atoms. The lowest BCUT2D eigenvalue weighted by atomic mass is 10.2. The Kier molecular flexibility index (Phi) is 5.40. The van der Waals surface area contributed by atoms with Crippen LogP contribution in [0.2, 0.25) is 0 Å². The third-order valence-electron chi connectivity index (χ3n) is 2.25. The molecule has 0 atom stereocenters. The first-order valence-corrected chi connectivity index (χ1v) is 6.34. The Hall–Kier alpha value is -1.11. The molecule has 5 heteroatoms. The molecule has 4 nitrogen and oxygen atoms in total. The number of carboxylic acids is 1. The van der Waals surface area contributed by atoms with Crippen LogP contribution in [-0.4, -0.2) is 17.0 Å². The van der Waals surface area contributed by atoms with Crippen molar-refractivity contribution >= 4 is 40.2 Å². The molecule has 0 aliphatic rings. The van der Waals surface area contributed by atoms with Crippen LogP contribution in [0.5, 0.6) is 0 Å². The van der Waals surface area contributed by atoms with Crippen molar-refractivity contribution in [3.05, 3.63) is 27.3 Å². The predicted molar refractivity (Wildman–Crippen MR) is 74.0 cm³/mol. The van der Waals surface area contributed by atoms with Gasteiger partial charge in [-0.3, -0.25) is 9.59 Å². The van der Waals surface area contributed by atoms with E-state index < -0.39 is 5.97 Å². The summed E-state index contributed by atoms with van der Waals surface area (Å²) in [7, 11) is 0. The number of carboxylic acid groups (broad SMARTS) is 1. The molecule has 92 valence electrons. The molecule has 0 fully saturated rings. The maximum atomic E-state index is 11.5. The summed E-state index contributed by atoms with van der Waals surface area (Å²) in [5.41, 5.74) is 1.91. The van der Waals surface area contributed by atoms with Gasteiger partial charge in [0.05, 0.1) is 0 Å². The van der Waals surface area contributed by atoms with Crippen molar-refractivity contribution in [2.24, 2.45) is 0 Å². The summed E-state index contributed by atoms with van der Waals surface area (Å²) in [6.07, 6.45) is 0.625. The van der Waals surface area contributed by atoms with E-state index in [1.54, 1.807) is 0 Å². The second-order valence-corrected chi connectivity index (χ2v) is 4.92. The summed E-state index contributed by atoms with van der Waals surface area (Å²) in [5, 5.41) is 11.2. The van der Waals surface area contributed by atoms with Crippen molar-refractivity contribution in [3.63, 3.8) is 0 Å². The Bertz CT molecular complexity index is 432. The van der Waals surface area contributed by atoms with E-state index in [1.807, 2.05) is 25.1 Å². The number of aryl methyl sites for hydroxylation is 1. The van der Waals surface area contributed by atoms with E-state index in [4.69, 9.17) is 5.11 Å². The van der Waals surface area contributed by atoms with Gasteiger partial charge in [-0.05, 0) is 53.6 Å². The molecule has 0 aliphatic heterocycles. The SMILES string of the molecule is Cc1ccc(NC(=O)CCCC(=O)O)cc1I. The smallest absolute Gasteiger partial charge is 0.303 e. The molecule has 0 saturated carbocycles. The zero-order valence-corrected chi connectivity index (χ0v) is 11.7. The molecule has 2 N–H and O–H groups in total. The van der Waals surface area contributed by atoms with Gasteiger partial charge in [0.15, 0.2) is 0 Å². The lowest BCUT2D eigenvalue weighted by molar-refractivity contribution is -0.137. The molecule has 0 unspecified atom stereocenters. The monoisotopic (exact) mass is 347 g/mol. The number of carbonyl (C=O) groups excluding carboxylic acids is 1. The van der Waals surface area contributed by atoms with Crippen LogP contribution in [0.4, 0.5) is 5.69 Å². The Morgan fingerprint density at radius 3 is 2.65 bits per heavy atom. The van der Waals surface area contributed by atoms with Gasteiger partial charge in [0.25, 0.3) is 0 Å². The van der Waals surface area contributed by atoms with E-state index in [9.17, 15) is 9.59 Å². The maximum Gasteiger partial charge on any atom is 0.303 e. The number of rotatable bonds is 5. The standard InChI is InChI=1S/C12H14INO3/c1-8-5-6-9(7-10(8)13)14-11(15)3-2-4-12(16)17/h5-7H,2-4H2,1H3,(H,14,15)(H,16,17). The number of halogens is 1. The van der Waals surface area contributed by atoms with E-state index in [0.717, 1.165) is 14.8 Å². The van der Waals surface area contributed by atoms with E-state index in [0.29, 0.717) is 6.42 Å². The van der Waals surface area contributed by atoms with Crippen molar-refractivity contribution in [3.8, 4) is 0 Å². The lowest BCUT2D eigenvalue weighted by Crippen LogP contribution is -2.12. The van der Waals surface area contributed by atoms with Gasteiger partial charge in [-0.2, -0.15) is 0 Å². The summed E-state index contributed by atoms with van der Waals surface area (Å²) in [6.45, 7) is 2.00. The van der Waals surface area contributed by atoms with Gasteiger partial charge >= 0.3 is 5.97 Å². The van der Waals surface area contributed by atoms with Crippen LogP contribution in [0, 0.1) is 10.5 Å². The molecule has 17 heavy (non-hydrogen) atoms. The minimum Gasteiger partial charge on any atom is -0.481 e. The Balaban J connectivity index is 2.45. The van der Waals surface area contributed by atoms with E-state index in [-0.39, 0.29) is 18.7 Å². The fourth-order valence-electron chi connectivity index (χ4n) is 1.29. The van der Waals surface area contributed by atoms with Gasteiger partial charge in [0.2, 0.25) is 5.91 Å². The highest BCUT2D eigenvalue weighted by Gasteiger charge is 2.05. The fourth-order valence-corrected chi connectivity index (χ4v) is 1.81. The largest absolute Gasteiger partial charge is 0.481 e. The van der Waals surface area contributed by atoms with Crippen LogP contribution >= 0.6 is 22.6 Å². The molecular formula is C12H14INO3. The van der Waals surface area contributed by atoms with E-state index in [2.05, 4.69) is 27.9 Å². The molecule has 0 aromatic heterocycles. The normalized spacial score (nSPS) is 10.0. The molecule has 0 spiro atoms. The van der Waals surface area contributed by atoms with Crippen LogP contribution in [0.1, 0.15) is 24.8 Å². The maximum absolute atomic E-state index is 11.5. The topological polar surface area (TPSA) is 66.4 Å². The van der Waals surface area contributed by atoms with Gasteiger partial charge in [0, 0.05) is 22.1 Å². The van der Waals surface area contributed by atoms with E-state index >= 15 is 0 Å². The zero-order valence-electron chi connectivity index (χ0n) is 9.50. The number of anilines is 1. The average Bonchev–Trinajstić information content (AvgIpc) is 2.23. The molecule has 0 heterocycles. The first-order chi connectivity index (χ1) is 7.99. The molecule has 1 rings (SSSR count). The van der Waals surface area contributed by atoms with Crippen molar-refractivity contribution in [1.29, 1.82) is 0 Å². The third-order valence-corrected chi connectivity index (χ3v) is 3.41. The summed E-state index contributed by atoms with van der Waals surface area (Å²) in [4.78, 5) is 21.8. The second kappa shape index (κ2) is 6.58. The van der Waals surface area contributed by atoms with Crippen molar-refractivity contribution in [2.75, 3.05) is 5.32 Å². The van der Waals surface area contributed by atoms with Crippen LogP contribution in [0.15, 0.2) is 18.2 Å². The number of hydrogen-bond acceptors (Lipinski definition) is 2. The first-order valence-electron chi connectivity index (χ1n) is 5.27. The highest BCUT2D eigenvalue weighted by Crippen LogP contribution is 2.17. The summed E-state index contributed by atoms with van der Waals surface area (Å²) < 4.78 is 1.09. The second-order valence-electron chi connectivity index (χ2n) is 3.76. The molecule has 0 aliphatic carbocycles. The summed E-state index contributed by atoms with van der Waals surface area (Å²) in [6, 6.07) is 5.67. The minimum absolute atomic E-state index is 0.0266. The van der Waals surface area contributed by atoms with Crippen LogP contribution in [0.3, 0.4) is 0 Å². The number of aliphatic carboxylic acids is 1. The van der Waals surface area contributed by atoms with Gasteiger partial charge in [0.1, 0.15) is 0 Å². The zero-order chi connectivity index (χ0) is 12.8. The average molecular weight is 347 g/mol. The Labute approximate surface area is 114 Å². The van der Waals surface area contributed by atoms with Crippen LogP contribution < -0.4 is 5.32 Å². The van der Waals surface area contributed by atoms with Gasteiger partial charge in [-0.1, -0.05) is 6.07 Å². The number of benzene rings is 1. The molecule has 1 aromatic rings. The van der Waals surface area contributed by atoms with Crippen molar-refractivity contribution < 1.29 is 14.7 Å². The minimum atomic E-state index is -0.873. The summed E-state index contributed by atoms with van der Waals surface area (Å²) >= 11 is 2.21. The number of amides is 1. The number of nitrogens with one attached hydrogen (secondary N) is 1. The van der Waals surface area contributed by atoms with Crippen molar-refractivity contribution in [1.82, 2.24) is 0 Å². The highest BCUT2D eigenvalue weighted by molar-refractivity contribution is 14.1. The Morgan fingerprint density at radius 1 is 1.35 bits per heavy atom. The predicted octanol–water partition coefficient (Wildman–Crippen LogP) is 2.79. The molecule has 0 saturated heterocycles. The lowest BCUT2D eigenvalue weighted by Gasteiger charge is -2.06. The Morgan fingerprint density at radius 2 is 2.06 bits per heavy atom. The van der Waals surface area contributed by atoms with Gasteiger partial charge in [-0.15, -0.1) is 0 Å². The third kappa shape index (κ3) is 5.16. The quantitative estimate of drug-likeness (QED) is 0.805. The summed E-state index contributed by atoms with van der Waals surface area (Å²) in [5.74, 6) is -1.02. The van der Waals surface area contributed by atoms with Crippen LogP contribution in [-0.2, 0) is 9.59 Å². The molecule has 1 amide bonds. The van der Waals surface area contributed by atoms with Crippen molar-refractivity contribution in [2.45, 2.75) is 26.2 Å². The number of carbonyl (C=O) groups is 2. The van der Waals surface area contributed by atoms with Gasteiger partial charge < -0.3 is 10.4 Å². The highest BCUT2D eigenvalue weighted by atomic mass is 127. The first kappa shape index (κ1) is 14.0. The van der Waals surface area contributed by atoms with Crippen LogP contribution in [0.25, 0.3) is 0 Å². The van der Waals surface area contributed by atoms with E-state index in [1.165, 1.54) is 0 Å². The van der Waals surface area contributed by atoms with Gasteiger partial charge in [-0.25, -0.2) is 0 Å². The number of hydrogen-bond donors (Lipinski definition) is 2. The fraction of sp³-hybridized carbons (Fsp3) is 0.333.